The summed E-state index contributed by atoms with van der Waals surface area (Å²) in [5, 5.41) is 18.7. The largest absolute Gasteiger partial charge is 0.418 e. The zero-order valence-corrected chi connectivity index (χ0v) is 39.4. The molecule has 1 unspecified atom stereocenters. The van der Waals surface area contributed by atoms with Gasteiger partial charge >= 0.3 is 11.9 Å². The molecule has 2 saturated heterocycles. The van der Waals surface area contributed by atoms with E-state index < -0.39 is 35.5 Å². The fraction of sp³-hybridized carbons (Fsp3) is 0.404. The lowest BCUT2D eigenvalue weighted by Crippen LogP contribution is -2.49. The highest BCUT2D eigenvalue weighted by Crippen LogP contribution is 2.36. The highest BCUT2D eigenvalue weighted by molar-refractivity contribution is 6.09. The number of aliphatic hydroxyl groups excluding tert-OH is 1. The highest BCUT2D eigenvalue weighted by atomic mass is 19.4. The average Bonchev–Trinajstić information content (AvgIpc) is 4.06. The molecule has 3 aromatic carbocycles. The van der Waals surface area contributed by atoms with Gasteiger partial charge in [0, 0.05) is 95.0 Å². The van der Waals surface area contributed by atoms with E-state index in [0.717, 1.165) is 31.8 Å². The number of alkyl halides is 3. The van der Waals surface area contributed by atoms with E-state index in [9.17, 15) is 42.3 Å². The summed E-state index contributed by atoms with van der Waals surface area (Å²) in [5.74, 6) is -0.798. The fourth-order valence-corrected chi connectivity index (χ4v) is 10.6. The number of halogens is 3. The standard InChI is InChI=1S/C52H54F3N9O7/c1-3-40-45(65)14-13-43(47(40)67)63-28-36-25-37(11-12-41(36)50(63)69)60-19-21-61(22-20-60)49(68)34-9-7-32(8-10-34)30-71-39-15-17-59(18-16-39)26-33-23-42(52(53,54)55)44-29-62(51(70)64(44)27-33)38-6-4-5-35(24-38)46(66)48-57-56-31-58(48)2/h4-12,23-25,27,29,31,39-40,43,46,66H,3,13-22,26,28,30H2,1-2H3/t40?,43-,46+/m0/s1. The first kappa shape index (κ1) is 47.7. The van der Waals surface area contributed by atoms with Crippen molar-refractivity contribution in [2.24, 2.45) is 13.0 Å². The van der Waals surface area contributed by atoms with E-state index in [2.05, 4.69) is 20.0 Å². The van der Waals surface area contributed by atoms with Gasteiger partial charge in [0.2, 0.25) is 0 Å². The second-order valence-electron chi connectivity index (χ2n) is 19.0. The number of aliphatic hydroxyl groups is 1. The molecule has 16 nitrogen and oxygen atoms in total. The molecule has 3 atom stereocenters. The monoisotopic (exact) mass is 973 g/mol. The summed E-state index contributed by atoms with van der Waals surface area (Å²) < 4.78 is 53.6. The van der Waals surface area contributed by atoms with Crippen LogP contribution < -0.4 is 10.6 Å². The Morgan fingerprint density at radius 1 is 0.873 bits per heavy atom. The number of fused-ring (bicyclic) bond motifs is 2. The molecular formula is C52H54F3N9O7. The number of piperidine rings is 1. The fourth-order valence-electron chi connectivity index (χ4n) is 10.6. The quantitative estimate of drug-likeness (QED) is 0.149. The van der Waals surface area contributed by atoms with Gasteiger partial charge in [-0.05, 0) is 96.5 Å². The summed E-state index contributed by atoms with van der Waals surface area (Å²) in [4.78, 5) is 73.8. The Balaban J connectivity index is 0.704. The van der Waals surface area contributed by atoms with Crippen LogP contribution in [0.1, 0.15) is 99.5 Å². The van der Waals surface area contributed by atoms with Gasteiger partial charge in [0.25, 0.3) is 11.8 Å². The Bertz CT molecular complexity index is 3080. The number of piperazine rings is 1. The number of rotatable bonds is 12. The summed E-state index contributed by atoms with van der Waals surface area (Å²) in [5.41, 5.74) is 3.03. The lowest BCUT2D eigenvalue weighted by Gasteiger charge is -2.36. The third-order valence-corrected chi connectivity index (χ3v) is 14.6. The molecule has 4 aliphatic rings. The molecule has 3 aliphatic heterocycles. The molecule has 3 fully saturated rings. The predicted octanol–water partition coefficient (Wildman–Crippen LogP) is 5.75. The van der Waals surface area contributed by atoms with Crippen LogP contribution in [0.3, 0.4) is 0 Å². The second-order valence-corrected chi connectivity index (χ2v) is 19.0. The van der Waals surface area contributed by atoms with E-state index in [4.69, 9.17) is 4.74 Å². The number of aromatic nitrogens is 5. The normalized spacial score (nSPS) is 19.8. The van der Waals surface area contributed by atoms with Gasteiger partial charge in [-0.2, -0.15) is 13.2 Å². The molecule has 0 spiro atoms. The van der Waals surface area contributed by atoms with Gasteiger partial charge < -0.3 is 29.1 Å². The number of hydrogen-bond donors (Lipinski definition) is 1. The Kier molecular flexibility index (Phi) is 13.0. The molecule has 19 heteroatoms. The van der Waals surface area contributed by atoms with Crippen molar-refractivity contribution in [2.75, 3.05) is 44.2 Å². The molecule has 6 heterocycles. The molecule has 71 heavy (non-hydrogen) atoms. The van der Waals surface area contributed by atoms with Gasteiger partial charge in [-0.25, -0.2) is 4.79 Å². The minimum atomic E-state index is -4.73. The van der Waals surface area contributed by atoms with Crippen molar-refractivity contribution in [3.8, 4) is 5.69 Å². The van der Waals surface area contributed by atoms with E-state index in [-0.39, 0.29) is 53.1 Å². The van der Waals surface area contributed by atoms with Gasteiger partial charge in [0.15, 0.2) is 11.6 Å². The SMILES string of the molecule is CCC1C(=O)CC[C@H](N2Cc3cc(N4CCN(C(=O)c5ccc(COC6CCN(Cc7cc(C(F)(F)F)c8cn(-c9cccc([C@@H](O)c%10nncn%10C)c9)c(=O)n8c7)CC6)cc5)CC4)ccc3C2=O)C1=O. The number of carbonyl (C=O) groups is 4. The van der Waals surface area contributed by atoms with Crippen molar-refractivity contribution < 1.29 is 42.2 Å². The summed E-state index contributed by atoms with van der Waals surface area (Å²) in [7, 11) is 1.68. The molecule has 1 N–H and O–H groups in total. The highest BCUT2D eigenvalue weighted by Gasteiger charge is 2.43. The van der Waals surface area contributed by atoms with Crippen molar-refractivity contribution in [1.29, 1.82) is 0 Å². The smallest absolute Gasteiger partial charge is 0.380 e. The summed E-state index contributed by atoms with van der Waals surface area (Å²) in [6, 6.07) is 20.0. The van der Waals surface area contributed by atoms with Gasteiger partial charge in [-0.1, -0.05) is 31.2 Å². The van der Waals surface area contributed by atoms with Gasteiger partial charge in [0.1, 0.15) is 18.2 Å². The first-order valence-electron chi connectivity index (χ1n) is 24.1. The second kappa shape index (κ2) is 19.3. The Morgan fingerprint density at radius 3 is 2.34 bits per heavy atom. The number of hydrogen-bond acceptors (Lipinski definition) is 11. The van der Waals surface area contributed by atoms with Crippen LogP contribution in [0.2, 0.25) is 0 Å². The zero-order chi connectivity index (χ0) is 49.7. The Labute approximate surface area is 406 Å². The number of imidazole rings is 1. The van der Waals surface area contributed by atoms with Crippen LogP contribution in [0.15, 0.2) is 96.3 Å². The van der Waals surface area contributed by atoms with Crippen LogP contribution in [0.5, 0.6) is 0 Å². The maximum absolute atomic E-state index is 14.5. The van der Waals surface area contributed by atoms with Crippen LogP contribution in [0, 0.1) is 5.92 Å². The van der Waals surface area contributed by atoms with E-state index in [1.165, 1.54) is 24.8 Å². The van der Waals surface area contributed by atoms with Gasteiger partial charge in [-0.15, -0.1) is 10.2 Å². The lowest BCUT2D eigenvalue weighted by molar-refractivity contribution is -0.139. The third-order valence-electron chi connectivity index (χ3n) is 14.6. The Morgan fingerprint density at radius 2 is 1.63 bits per heavy atom. The molecular weight excluding hydrogens is 920 g/mol. The maximum Gasteiger partial charge on any atom is 0.418 e. The average molecular weight is 974 g/mol. The number of benzene rings is 3. The number of ketones is 2. The predicted molar refractivity (Wildman–Crippen MR) is 254 cm³/mol. The van der Waals surface area contributed by atoms with Gasteiger partial charge in [-0.3, -0.25) is 33.0 Å². The van der Waals surface area contributed by atoms with E-state index in [0.29, 0.717) is 107 Å². The van der Waals surface area contributed by atoms with Crippen LogP contribution in [-0.4, -0.2) is 118 Å². The number of anilines is 1. The topological polar surface area (TPSA) is 168 Å². The molecule has 1 aliphatic carbocycles. The van der Waals surface area contributed by atoms with Crippen LogP contribution in [0.25, 0.3) is 11.2 Å². The van der Waals surface area contributed by atoms with Crippen molar-refractivity contribution >= 4 is 34.6 Å². The van der Waals surface area contributed by atoms with Crippen molar-refractivity contribution in [3.63, 3.8) is 0 Å². The molecule has 0 bridgehead atoms. The molecule has 370 valence electrons. The van der Waals surface area contributed by atoms with Crippen molar-refractivity contribution in [2.45, 2.75) is 83.2 Å². The first-order chi connectivity index (χ1) is 34.1. The van der Waals surface area contributed by atoms with Crippen LogP contribution in [-0.2, 0) is 47.2 Å². The van der Waals surface area contributed by atoms with Gasteiger partial charge in [0.05, 0.1) is 41.4 Å². The minimum absolute atomic E-state index is 0.0371. The van der Waals surface area contributed by atoms with E-state index in [1.54, 1.807) is 34.7 Å². The number of Topliss-reactive ketones (excluding diaryl/α,β-unsaturated/α-hetero) is 2. The molecule has 0 radical (unpaired) electrons. The van der Waals surface area contributed by atoms with E-state index in [1.807, 2.05) is 54.3 Å². The molecule has 2 amide bonds. The lowest BCUT2D eigenvalue weighted by atomic mass is 9.81. The van der Waals surface area contributed by atoms with E-state index >= 15 is 0 Å². The summed E-state index contributed by atoms with van der Waals surface area (Å²) >= 11 is 0. The summed E-state index contributed by atoms with van der Waals surface area (Å²) in [6.07, 6.45) is 0.550. The zero-order valence-electron chi connectivity index (χ0n) is 39.4. The molecule has 6 aromatic rings. The number of likely N-dealkylation sites (tertiary alicyclic amines) is 1. The number of pyridine rings is 1. The van der Waals surface area contributed by atoms with Crippen LogP contribution in [0.4, 0.5) is 18.9 Å². The van der Waals surface area contributed by atoms with Crippen molar-refractivity contribution in [1.82, 2.24) is 38.4 Å². The molecule has 1 saturated carbocycles. The number of ether oxygens (including phenoxy) is 1. The summed E-state index contributed by atoms with van der Waals surface area (Å²) in [6.45, 7) is 6.14. The number of amides is 2. The first-order valence-corrected chi connectivity index (χ1v) is 24.1. The maximum atomic E-state index is 14.5. The van der Waals surface area contributed by atoms with Crippen LogP contribution >= 0.6 is 0 Å². The number of aryl methyl sites for hydroxylation is 1. The number of carbonyl (C=O) groups excluding carboxylic acids is 4. The third kappa shape index (κ3) is 9.40. The number of nitrogens with zero attached hydrogens (tertiary/aromatic N) is 9. The molecule has 3 aromatic heterocycles. The Hall–Kier alpha value is -6.96. The minimum Gasteiger partial charge on any atom is -0.380 e. The molecule has 10 rings (SSSR count). The van der Waals surface area contributed by atoms with Crippen molar-refractivity contribution in [3.05, 3.63) is 147 Å².